The molecular formula is C112H80N12O4. The van der Waals surface area contributed by atoms with Gasteiger partial charge in [0.05, 0.1) is 28.4 Å². The van der Waals surface area contributed by atoms with Crippen molar-refractivity contribution in [2.45, 2.75) is 0 Å². The van der Waals surface area contributed by atoms with Gasteiger partial charge in [-0.2, -0.15) is 0 Å². The molecule has 612 valence electrons. The fraction of sp³-hybridized carbons (Fsp3) is 0.0357. The second-order valence-electron chi connectivity index (χ2n) is 29.6. The fourth-order valence-corrected chi connectivity index (χ4v) is 15.5. The molecule has 0 atom stereocenters. The maximum atomic E-state index is 7.81. The lowest BCUT2D eigenvalue weighted by Gasteiger charge is -2.26. The molecule has 0 aliphatic carbocycles. The smallest absolute Gasteiger partial charge is 0.294 e. The highest BCUT2D eigenvalue weighted by atomic mass is 16.5. The number of anilines is 12. The minimum atomic E-state index is -0.0354. The number of methoxy groups -OCH3 is 4. The van der Waals surface area contributed by atoms with Crippen LogP contribution in [0.15, 0.2) is 413 Å². The van der Waals surface area contributed by atoms with Gasteiger partial charge in [0.1, 0.15) is 23.0 Å². The van der Waals surface area contributed by atoms with Crippen molar-refractivity contribution in [3.8, 4) is 113 Å². The van der Waals surface area contributed by atoms with Crippen molar-refractivity contribution in [1.82, 2.24) is 19.9 Å². The van der Waals surface area contributed by atoms with Crippen molar-refractivity contribution >= 4 is 91.5 Å². The number of ether oxygens (including phenoxy) is 4. The molecule has 2 heterocycles. The van der Waals surface area contributed by atoms with Crippen LogP contribution in [-0.2, 0) is 0 Å². The van der Waals surface area contributed by atoms with Crippen LogP contribution in [0.5, 0.6) is 23.0 Å². The highest BCUT2D eigenvalue weighted by molar-refractivity contribution is 5.89. The predicted octanol–water partition coefficient (Wildman–Crippen LogP) is 30.4. The van der Waals surface area contributed by atoms with Crippen LogP contribution in [0.25, 0.3) is 109 Å². The lowest BCUT2D eigenvalue weighted by molar-refractivity contribution is 0.414. The summed E-state index contributed by atoms with van der Waals surface area (Å²) in [4.78, 5) is 42.0. The summed E-state index contributed by atoms with van der Waals surface area (Å²) in [5.41, 5.74) is 25.9. The van der Waals surface area contributed by atoms with Gasteiger partial charge < -0.3 is 57.9 Å². The van der Waals surface area contributed by atoms with Gasteiger partial charge in [-0.1, -0.05) is 196 Å². The zero-order chi connectivity index (χ0) is 87.7. The van der Waals surface area contributed by atoms with Crippen molar-refractivity contribution < 1.29 is 18.9 Å². The largest absolute Gasteiger partial charge is 0.497 e. The predicted molar refractivity (Wildman–Crippen MR) is 518 cm³/mol. The molecule has 0 unspecified atom stereocenters. The molecule has 0 bridgehead atoms. The van der Waals surface area contributed by atoms with E-state index in [1.54, 1.807) is 28.4 Å². The van der Waals surface area contributed by atoms with Crippen molar-refractivity contribution in [3.05, 3.63) is 458 Å². The first-order valence-corrected chi connectivity index (χ1v) is 41.2. The van der Waals surface area contributed by atoms with Gasteiger partial charge in [-0.15, -0.1) is 19.9 Å². The third-order valence-electron chi connectivity index (χ3n) is 22.0. The van der Waals surface area contributed by atoms with Gasteiger partial charge >= 0.3 is 0 Å². The van der Waals surface area contributed by atoms with Crippen molar-refractivity contribution in [1.29, 1.82) is 0 Å². The average molecular weight is 1660 g/mol. The molecule has 16 aromatic carbocycles. The van der Waals surface area contributed by atoms with Crippen LogP contribution in [0.2, 0.25) is 0 Å². The minimum Gasteiger partial charge on any atom is -0.497 e. The third-order valence-corrected chi connectivity index (χ3v) is 22.0. The van der Waals surface area contributed by atoms with E-state index in [0.29, 0.717) is 22.8 Å². The Hall–Kier alpha value is -18.0. The quantitative estimate of drug-likeness (QED) is 0.0536. The van der Waals surface area contributed by atoms with Crippen LogP contribution in [0.4, 0.5) is 91.5 Å². The standard InChI is InChI=1S/C58H44N6O4.C54H36N6/c1-59-57-58(60-2)62-56(44-13-9-40(10-14-44)42-17-21-46(22-18-42)64(49-27-35-53(67-5)36-28-49)50-29-37-54(68-6)38-30-50)55(61-57)43-11-7-39(8-12-43)41-15-19-45(20-16-41)63(47-23-31-51(65-3)32-24-47)48-25-33-52(66-4)34-26-48;1-55-53-54(56-2)58-52(44-29-25-40(26-30-44)42-33-37-50(38-34-42)60(47-19-11-5-12-20-47)48-21-13-6-14-22-48)51(57-53)43-27-23-39(24-28-43)41-31-35-49(36-32-41)59(45-15-7-3-8-16-45)46-17-9-4-10-18-46/h7-38H,3-6H3;3-38H. The van der Waals surface area contributed by atoms with Crippen LogP contribution in [0.3, 0.4) is 0 Å². The number of nitrogens with zero attached hydrogens (tertiary/aromatic N) is 12. The van der Waals surface area contributed by atoms with Crippen molar-refractivity contribution in [2.75, 3.05) is 48.0 Å². The van der Waals surface area contributed by atoms with E-state index in [-0.39, 0.29) is 23.3 Å². The maximum Gasteiger partial charge on any atom is 0.294 e. The maximum absolute atomic E-state index is 7.81. The number of hydrogen-bond acceptors (Lipinski definition) is 12. The van der Waals surface area contributed by atoms with Crippen LogP contribution in [-0.4, -0.2) is 48.4 Å². The zero-order valence-electron chi connectivity index (χ0n) is 70.3. The molecule has 18 rings (SSSR count). The number of aromatic nitrogens is 4. The van der Waals surface area contributed by atoms with Crippen LogP contribution in [0, 0.1) is 26.3 Å². The Morgan fingerprint density at radius 1 is 0.164 bits per heavy atom. The lowest BCUT2D eigenvalue weighted by Crippen LogP contribution is -2.09. The Morgan fingerprint density at radius 2 is 0.289 bits per heavy atom. The van der Waals surface area contributed by atoms with Crippen LogP contribution >= 0.6 is 0 Å². The second kappa shape index (κ2) is 38.4. The van der Waals surface area contributed by atoms with E-state index in [0.717, 1.165) is 158 Å². The summed E-state index contributed by atoms with van der Waals surface area (Å²) in [6.07, 6.45) is 0. The van der Waals surface area contributed by atoms with E-state index in [4.69, 9.17) is 65.2 Å². The molecule has 0 amide bonds. The molecule has 0 spiro atoms. The average Bonchev–Trinajstić information content (AvgIpc) is 0.781. The number of rotatable bonds is 24. The fourth-order valence-electron chi connectivity index (χ4n) is 15.5. The normalized spacial score (nSPS) is 10.6. The van der Waals surface area contributed by atoms with E-state index >= 15 is 0 Å². The number of benzene rings is 16. The molecule has 128 heavy (non-hydrogen) atoms. The summed E-state index contributed by atoms with van der Waals surface area (Å²) in [6.45, 7) is 31.1. The molecule has 16 nitrogen and oxygen atoms in total. The van der Waals surface area contributed by atoms with Gasteiger partial charge in [0.25, 0.3) is 23.3 Å². The molecule has 0 saturated carbocycles. The Kier molecular flexibility index (Phi) is 24.7. The molecular weight excluding hydrogens is 1580 g/mol. The number of hydrogen-bond donors (Lipinski definition) is 0. The second-order valence-corrected chi connectivity index (χ2v) is 29.6. The Balaban J connectivity index is 0.000000181. The van der Waals surface area contributed by atoms with E-state index < -0.39 is 0 Å². The highest BCUT2D eigenvalue weighted by Gasteiger charge is 2.27. The first kappa shape index (κ1) is 82.4. The summed E-state index contributed by atoms with van der Waals surface area (Å²) in [7, 11) is 6.64. The molecule has 16 heteroatoms. The van der Waals surface area contributed by atoms with E-state index in [2.05, 4.69) is 257 Å². The van der Waals surface area contributed by atoms with Gasteiger partial charge in [0.2, 0.25) is 22.8 Å². The highest BCUT2D eigenvalue weighted by Crippen LogP contribution is 2.45. The van der Waals surface area contributed by atoms with Gasteiger partial charge in [0, 0.05) is 90.5 Å². The first-order chi connectivity index (χ1) is 63.1. The van der Waals surface area contributed by atoms with Crippen molar-refractivity contribution in [2.24, 2.45) is 0 Å². The topological polar surface area (TPSA) is 119 Å². The van der Waals surface area contributed by atoms with E-state index in [1.165, 1.54) is 0 Å². The minimum absolute atomic E-state index is 0.0124. The van der Waals surface area contributed by atoms with Crippen LogP contribution in [0.1, 0.15) is 0 Å². The van der Waals surface area contributed by atoms with Gasteiger partial charge in [-0.05, 0) is 287 Å². The molecule has 0 aliphatic rings. The first-order valence-electron chi connectivity index (χ1n) is 41.2. The molecule has 0 N–H and O–H groups in total. The van der Waals surface area contributed by atoms with Gasteiger partial charge in [-0.3, -0.25) is 0 Å². The van der Waals surface area contributed by atoms with E-state index in [9.17, 15) is 0 Å². The van der Waals surface area contributed by atoms with E-state index in [1.807, 2.05) is 194 Å². The zero-order valence-corrected chi connectivity index (χ0v) is 70.3. The summed E-state index contributed by atoms with van der Waals surface area (Å²) in [5.74, 6) is 3.03. The Bertz CT molecular complexity index is 6440. The van der Waals surface area contributed by atoms with Gasteiger partial charge in [-0.25, -0.2) is 0 Å². The summed E-state index contributed by atoms with van der Waals surface area (Å²) in [6, 6.07) is 140. The Morgan fingerprint density at radius 3 is 0.430 bits per heavy atom. The molecule has 0 aliphatic heterocycles. The monoisotopic (exact) mass is 1660 g/mol. The lowest BCUT2D eigenvalue weighted by atomic mass is 9.98. The third kappa shape index (κ3) is 18.0. The molecule has 0 fully saturated rings. The summed E-state index contributed by atoms with van der Waals surface area (Å²) < 4.78 is 21.7. The SMILES string of the molecule is [C-]#[N+]c1nc(-c2ccc(-c3ccc(N(c4ccc(OC)cc4)c4ccc(OC)cc4)cc3)cc2)c(-c2ccc(-c3ccc(N(c4ccc(OC)cc4)c4ccc(OC)cc4)cc3)cc2)nc1[N+]#[C-].[C-]#[N+]c1nc(-c2ccc(-c3ccc(N(c4ccccc4)c4ccccc4)cc3)cc2)c(-c2ccc(-c3ccc(N(c4ccccc4)c4ccccc4)cc3)cc2)nc1[N+]#[C-]. The molecule has 0 saturated heterocycles. The summed E-state index contributed by atoms with van der Waals surface area (Å²) in [5, 5.41) is 0. The van der Waals surface area contributed by atoms with Crippen LogP contribution < -0.4 is 38.5 Å². The van der Waals surface area contributed by atoms with Gasteiger partial charge in [0.15, 0.2) is 0 Å². The Labute approximate surface area is 744 Å². The molecule has 18 aromatic rings. The molecule has 0 radical (unpaired) electrons. The summed E-state index contributed by atoms with van der Waals surface area (Å²) >= 11 is 0. The number of para-hydroxylation sites is 4. The van der Waals surface area contributed by atoms with Crippen molar-refractivity contribution in [3.63, 3.8) is 0 Å². The molecule has 2 aromatic heterocycles.